The Morgan fingerprint density at radius 3 is 2.61 bits per heavy atom. The molecule has 1 N–H and O–H groups in total. The highest BCUT2D eigenvalue weighted by Crippen LogP contribution is 2.23. The molecule has 0 atom stereocenters. The first-order valence-corrected chi connectivity index (χ1v) is 7.46. The number of aromatic nitrogens is 2. The minimum Gasteiger partial charge on any atom is -0.467 e. The third-order valence-corrected chi connectivity index (χ3v) is 3.38. The predicted molar refractivity (Wildman–Crippen MR) is 88.3 cm³/mol. The van der Waals surface area contributed by atoms with Crippen molar-refractivity contribution in [2.75, 3.05) is 6.61 Å². The van der Waals surface area contributed by atoms with Crippen molar-refractivity contribution in [3.05, 3.63) is 65.4 Å². The van der Waals surface area contributed by atoms with Gasteiger partial charge in [0.15, 0.2) is 6.61 Å². The van der Waals surface area contributed by atoms with E-state index in [-0.39, 0.29) is 17.8 Å². The second-order valence-corrected chi connectivity index (χ2v) is 5.20. The number of para-hydroxylation sites is 1. The molecule has 0 aliphatic heterocycles. The number of nitrogens with zero attached hydrogens (tertiary/aromatic N) is 2. The van der Waals surface area contributed by atoms with Crippen molar-refractivity contribution in [2.24, 2.45) is 0 Å². The van der Waals surface area contributed by atoms with Crippen molar-refractivity contribution in [3.8, 4) is 5.88 Å². The molecule has 3 rings (SSSR count). The van der Waals surface area contributed by atoms with Gasteiger partial charge in [0, 0.05) is 6.54 Å². The van der Waals surface area contributed by atoms with E-state index in [4.69, 9.17) is 16.3 Å². The summed E-state index contributed by atoms with van der Waals surface area (Å²) in [6.07, 6.45) is 0. The van der Waals surface area contributed by atoms with Gasteiger partial charge in [0.2, 0.25) is 11.2 Å². The summed E-state index contributed by atoms with van der Waals surface area (Å²) >= 11 is 5.88. The van der Waals surface area contributed by atoms with Gasteiger partial charge in [-0.2, -0.15) is 4.98 Å². The molecule has 0 saturated carbocycles. The van der Waals surface area contributed by atoms with Crippen LogP contribution in [0.4, 0.5) is 0 Å². The number of halogens is 1. The zero-order chi connectivity index (χ0) is 16.1. The van der Waals surface area contributed by atoms with Crippen LogP contribution in [0.3, 0.4) is 0 Å². The summed E-state index contributed by atoms with van der Waals surface area (Å²) in [5, 5.41) is 3.59. The maximum atomic E-state index is 11.9. The molecule has 0 unspecified atom stereocenters. The van der Waals surface area contributed by atoms with Crippen molar-refractivity contribution in [2.45, 2.75) is 6.54 Å². The highest BCUT2D eigenvalue weighted by Gasteiger charge is 2.09. The first kappa shape index (κ1) is 15.2. The zero-order valence-corrected chi connectivity index (χ0v) is 13.0. The van der Waals surface area contributed by atoms with Crippen LogP contribution >= 0.6 is 11.6 Å². The molecule has 116 valence electrons. The molecule has 0 radical (unpaired) electrons. The van der Waals surface area contributed by atoms with Crippen LogP contribution in [0.25, 0.3) is 10.9 Å². The quantitative estimate of drug-likeness (QED) is 0.732. The fraction of sp³-hybridized carbons (Fsp3) is 0.118. The largest absolute Gasteiger partial charge is 0.467 e. The molecule has 5 nitrogen and oxygen atoms in total. The zero-order valence-electron chi connectivity index (χ0n) is 12.2. The Labute approximate surface area is 138 Å². The Balaban J connectivity index is 1.63. The standard InChI is InChI=1S/C17H14ClN3O2/c18-17-20-14-9-5-4-8-13(14)16(21-17)23-11-15(22)19-10-12-6-2-1-3-7-12/h1-9H,10-11H2,(H,19,22). The molecule has 0 fully saturated rings. The lowest BCUT2D eigenvalue weighted by Gasteiger charge is -2.09. The third kappa shape index (κ3) is 3.96. The van der Waals surface area contributed by atoms with Crippen LogP contribution in [-0.2, 0) is 11.3 Å². The Hall–Kier alpha value is -2.66. The Bertz CT molecular complexity index is 824. The predicted octanol–water partition coefficient (Wildman–Crippen LogP) is 2.98. The van der Waals surface area contributed by atoms with Crippen LogP contribution in [-0.4, -0.2) is 22.5 Å². The topological polar surface area (TPSA) is 64.1 Å². The maximum Gasteiger partial charge on any atom is 0.258 e. The lowest BCUT2D eigenvalue weighted by molar-refractivity contribution is -0.123. The molecule has 0 aliphatic rings. The normalized spacial score (nSPS) is 10.5. The number of ether oxygens (including phenoxy) is 1. The molecule has 1 aromatic heterocycles. The van der Waals surface area contributed by atoms with Crippen molar-refractivity contribution in [1.29, 1.82) is 0 Å². The average molecular weight is 328 g/mol. The van der Waals surface area contributed by atoms with Crippen molar-refractivity contribution in [3.63, 3.8) is 0 Å². The molecular formula is C17H14ClN3O2. The number of fused-ring (bicyclic) bond motifs is 1. The number of nitrogens with one attached hydrogen (secondary N) is 1. The van der Waals surface area contributed by atoms with Crippen molar-refractivity contribution < 1.29 is 9.53 Å². The van der Waals surface area contributed by atoms with Crippen LogP contribution < -0.4 is 10.1 Å². The van der Waals surface area contributed by atoms with Crippen LogP contribution in [0.15, 0.2) is 54.6 Å². The summed E-state index contributed by atoms with van der Waals surface area (Å²) < 4.78 is 5.50. The van der Waals surface area contributed by atoms with Crippen LogP contribution in [0.2, 0.25) is 5.28 Å². The van der Waals surface area contributed by atoms with E-state index in [9.17, 15) is 4.79 Å². The molecule has 0 spiro atoms. The van der Waals surface area contributed by atoms with Crippen molar-refractivity contribution >= 4 is 28.4 Å². The van der Waals surface area contributed by atoms with E-state index in [0.29, 0.717) is 23.3 Å². The van der Waals surface area contributed by atoms with E-state index in [1.165, 1.54) is 0 Å². The number of carbonyl (C=O) groups excluding carboxylic acids is 1. The fourth-order valence-electron chi connectivity index (χ4n) is 2.11. The molecule has 23 heavy (non-hydrogen) atoms. The Morgan fingerprint density at radius 1 is 1.04 bits per heavy atom. The summed E-state index contributed by atoms with van der Waals surface area (Å²) in [4.78, 5) is 20.1. The summed E-state index contributed by atoms with van der Waals surface area (Å²) in [7, 11) is 0. The van der Waals surface area contributed by atoms with E-state index >= 15 is 0 Å². The number of hydrogen-bond acceptors (Lipinski definition) is 4. The third-order valence-electron chi connectivity index (χ3n) is 3.21. The highest BCUT2D eigenvalue weighted by atomic mass is 35.5. The molecule has 3 aromatic rings. The number of rotatable bonds is 5. The number of hydrogen-bond donors (Lipinski definition) is 1. The van der Waals surface area contributed by atoms with E-state index in [1.807, 2.05) is 54.6 Å². The van der Waals surface area contributed by atoms with E-state index < -0.39 is 0 Å². The number of benzene rings is 2. The molecule has 6 heteroatoms. The molecule has 2 aromatic carbocycles. The minimum absolute atomic E-state index is 0.0865. The van der Waals surface area contributed by atoms with Gasteiger partial charge < -0.3 is 10.1 Å². The van der Waals surface area contributed by atoms with Gasteiger partial charge in [0.1, 0.15) is 0 Å². The second kappa shape index (κ2) is 7.07. The summed E-state index contributed by atoms with van der Waals surface area (Å²) in [6, 6.07) is 17.0. The van der Waals surface area contributed by atoms with Gasteiger partial charge in [0.25, 0.3) is 5.91 Å². The first-order valence-electron chi connectivity index (χ1n) is 7.08. The molecule has 0 saturated heterocycles. The van der Waals surface area contributed by atoms with Gasteiger partial charge in [-0.25, -0.2) is 4.98 Å². The lowest BCUT2D eigenvalue weighted by Crippen LogP contribution is -2.28. The van der Waals surface area contributed by atoms with Crippen molar-refractivity contribution in [1.82, 2.24) is 15.3 Å². The second-order valence-electron chi connectivity index (χ2n) is 4.87. The SMILES string of the molecule is O=C(COc1nc(Cl)nc2ccccc12)NCc1ccccc1. The van der Waals surface area contributed by atoms with Gasteiger partial charge in [-0.1, -0.05) is 42.5 Å². The number of amides is 1. The van der Waals surface area contributed by atoms with Gasteiger partial charge in [0.05, 0.1) is 10.9 Å². The van der Waals surface area contributed by atoms with E-state index in [1.54, 1.807) is 0 Å². The Kier molecular flexibility index (Phi) is 4.68. The smallest absolute Gasteiger partial charge is 0.258 e. The summed E-state index contributed by atoms with van der Waals surface area (Å²) in [5.41, 5.74) is 1.70. The monoisotopic (exact) mass is 327 g/mol. The van der Waals surface area contributed by atoms with Gasteiger partial charge in [-0.05, 0) is 29.3 Å². The molecule has 0 bridgehead atoms. The summed E-state index contributed by atoms with van der Waals surface area (Å²) in [5.74, 6) is 0.0723. The average Bonchev–Trinajstić information content (AvgIpc) is 2.58. The molecule has 0 aliphatic carbocycles. The minimum atomic E-state index is -0.229. The van der Waals surface area contributed by atoms with Crippen LogP contribution in [0.1, 0.15) is 5.56 Å². The Morgan fingerprint density at radius 2 is 1.78 bits per heavy atom. The highest BCUT2D eigenvalue weighted by molar-refractivity contribution is 6.28. The van der Waals surface area contributed by atoms with Gasteiger partial charge in [-0.15, -0.1) is 0 Å². The lowest BCUT2D eigenvalue weighted by atomic mass is 10.2. The van der Waals surface area contributed by atoms with E-state index in [2.05, 4.69) is 15.3 Å². The molecule has 1 amide bonds. The fourth-order valence-corrected chi connectivity index (χ4v) is 2.28. The molecular weight excluding hydrogens is 314 g/mol. The molecule has 1 heterocycles. The summed E-state index contributed by atoms with van der Waals surface area (Å²) in [6.45, 7) is 0.318. The van der Waals surface area contributed by atoms with Crippen LogP contribution in [0.5, 0.6) is 5.88 Å². The first-order chi connectivity index (χ1) is 11.2. The number of carbonyl (C=O) groups is 1. The van der Waals surface area contributed by atoms with Crippen LogP contribution in [0, 0.1) is 0 Å². The van der Waals surface area contributed by atoms with E-state index in [0.717, 1.165) is 5.56 Å². The van der Waals surface area contributed by atoms with Gasteiger partial charge in [-0.3, -0.25) is 4.79 Å². The maximum absolute atomic E-state index is 11.9. The van der Waals surface area contributed by atoms with Gasteiger partial charge >= 0.3 is 0 Å².